The summed E-state index contributed by atoms with van der Waals surface area (Å²) >= 11 is 1.54. The maximum absolute atomic E-state index is 13.7. The number of carbonyl (C=O) groups is 2. The van der Waals surface area contributed by atoms with Gasteiger partial charge < -0.3 is 29.5 Å². The first-order chi connectivity index (χ1) is 20.1. The molecule has 2 aromatic heterocycles. The van der Waals surface area contributed by atoms with Gasteiger partial charge in [-0.3, -0.25) is 4.79 Å². The summed E-state index contributed by atoms with van der Waals surface area (Å²) in [4.78, 5) is 41.2. The first-order valence-corrected chi connectivity index (χ1v) is 15.0. The molecule has 42 heavy (non-hydrogen) atoms. The quantitative estimate of drug-likeness (QED) is 0.296. The number of likely N-dealkylation sites (N-methyl/N-ethyl adjacent to an activating group) is 1. The van der Waals surface area contributed by atoms with Crippen molar-refractivity contribution in [1.29, 1.82) is 0 Å². The highest BCUT2D eigenvalue weighted by atomic mass is 32.1. The number of halogens is 1. The van der Waals surface area contributed by atoms with E-state index in [1.54, 1.807) is 43.2 Å². The number of aromatic nitrogens is 2. The van der Waals surface area contributed by atoms with Gasteiger partial charge >= 0.3 is 6.09 Å². The first-order valence-electron chi connectivity index (χ1n) is 14.1. The van der Waals surface area contributed by atoms with Gasteiger partial charge in [0, 0.05) is 62.5 Å². The zero-order chi connectivity index (χ0) is 30.3. The van der Waals surface area contributed by atoms with Crippen LogP contribution in [0.25, 0.3) is 0 Å². The van der Waals surface area contributed by atoms with Crippen LogP contribution in [-0.2, 0) is 4.74 Å². The Morgan fingerprint density at radius 1 is 1.21 bits per heavy atom. The predicted octanol–water partition coefficient (Wildman–Crippen LogP) is 5.78. The van der Waals surface area contributed by atoms with Crippen LogP contribution >= 0.6 is 11.3 Å². The molecule has 1 aliphatic heterocycles. The second kappa shape index (κ2) is 13.8. The average Bonchev–Trinajstić information content (AvgIpc) is 3.45. The number of nitrogens with one attached hydrogen (secondary N) is 1. The van der Waals surface area contributed by atoms with Crippen molar-refractivity contribution in [3.63, 3.8) is 0 Å². The number of anilines is 3. The molecule has 0 saturated heterocycles. The minimum absolute atomic E-state index is 0.0612. The summed E-state index contributed by atoms with van der Waals surface area (Å²) in [5.74, 6) is 1.45. The smallest absolute Gasteiger partial charge is 0.410 e. The summed E-state index contributed by atoms with van der Waals surface area (Å²) < 4.78 is 25.2. The monoisotopic (exact) mass is 598 g/mol. The Balaban J connectivity index is 1.53. The fourth-order valence-electron chi connectivity index (χ4n) is 4.53. The largest absolute Gasteiger partial charge is 0.485 e. The highest BCUT2D eigenvalue weighted by Gasteiger charge is 2.29. The number of hydrogen-bond acceptors (Lipinski definition) is 9. The topological polar surface area (TPSA) is 100 Å². The fraction of sp³-hybridized carbons (Fsp3) is 0.467. The molecule has 0 saturated carbocycles. The van der Waals surface area contributed by atoms with Crippen molar-refractivity contribution >= 4 is 40.8 Å². The zero-order valence-electron chi connectivity index (χ0n) is 24.8. The second-order valence-corrected chi connectivity index (χ2v) is 11.9. The minimum Gasteiger partial charge on any atom is -0.485 e. The van der Waals surface area contributed by atoms with E-state index >= 15 is 0 Å². The number of ether oxygens (including phenoxy) is 2. The average molecular weight is 599 g/mol. The van der Waals surface area contributed by atoms with Gasteiger partial charge in [0.15, 0.2) is 0 Å². The zero-order valence-corrected chi connectivity index (χ0v) is 25.6. The number of hydrogen-bond donors (Lipinski definition) is 1. The van der Waals surface area contributed by atoms with Crippen molar-refractivity contribution in [2.24, 2.45) is 0 Å². The van der Waals surface area contributed by atoms with Crippen LogP contribution < -0.4 is 19.9 Å². The third-order valence-electron chi connectivity index (χ3n) is 6.54. The number of benzene rings is 1. The van der Waals surface area contributed by atoms with Crippen molar-refractivity contribution in [3.8, 4) is 5.75 Å². The lowest BCUT2D eigenvalue weighted by Crippen LogP contribution is -2.39. The van der Waals surface area contributed by atoms with E-state index in [-0.39, 0.29) is 19.0 Å². The van der Waals surface area contributed by atoms with Crippen molar-refractivity contribution in [3.05, 3.63) is 58.4 Å². The van der Waals surface area contributed by atoms with Crippen molar-refractivity contribution in [1.82, 2.24) is 14.9 Å². The van der Waals surface area contributed by atoms with Gasteiger partial charge in [-0.2, -0.15) is 4.98 Å². The maximum atomic E-state index is 13.7. The molecule has 1 atom stereocenters. The van der Waals surface area contributed by atoms with Crippen LogP contribution in [0.15, 0.2) is 48.0 Å². The van der Waals surface area contributed by atoms with Crippen molar-refractivity contribution < 1.29 is 23.5 Å². The Morgan fingerprint density at radius 2 is 2.02 bits per heavy atom. The minimum atomic E-state index is -0.684. The molecule has 0 aliphatic carbocycles. The Hall–Kier alpha value is -3.93. The van der Waals surface area contributed by atoms with Gasteiger partial charge in [-0.05, 0) is 51.3 Å². The lowest BCUT2D eigenvalue weighted by Gasteiger charge is -2.28. The summed E-state index contributed by atoms with van der Waals surface area (Å²) in [5, 5.41) is 5.06. The van der Waals surface area contributed by atoms with Gasteiger partial charge in [0.25, 0.3) is 5.91 Å². The van der Waals surface area contributed by atoms with Crippen LogP contribution in [-0.4, -0.2) is 78.9 Å². The molecular formula is C30H39FN6O4S. The van der Waals surface area contributed by atoms with Crippen LogP contribution in [0.5, 0.6) is 5.75 Å². The molecule has 0 fully saturated rings. The summed E-state index contributed by atoms with van der Waals surface area (Å²) in [6.07, 6.45) is 1.04. The van der Waals surface area contributed by atoms with Crippen LogP contribution in [0.2, 0.25) is 0 Å². The highest BCUT2D eigenvalue weighted by molar-refractivity contribution is 7.10. The van der Waals surface area contributed by atoms with Crippen LogP contribution in [0.4, 0.5) is 26.6 Å². The molecule has 3 heterocycles. The summed E-state index contributed by atoms with van der Waals surface area (Å²) in [6.45, 7) is 8.54. The molecule has 226 valence electrons. The molecule has 1 unspecified atom stereocenters. The van der Waals surface area contributed by atoms with Gasteiger partial charge in [0.05, 0.1) is 6.54 Å². The van der Waals surface area contributed by atoms with E-state index in [9.17, 15) is 14.0 Å². The van der Waals surface area contributed by atoms with Crippen molar-refractivity contribution in [2.45, 2.75) is 45.8 Å². The SMILES string of the molecule is CCNc1ncc2c(n1)N(C)CCN(c1cccc(OC(CCN(CCF)C(=O)OC(C)(C)C)c3cccs3)c1)C2=O. The van der Waals surface area contributed by atoms with Crippen LogP contribution in [0.1, 0.15) is 55.5 Å². The number of fused-ring (bicyclic) bond motifs is 1. The highest BCUT2D eigenvalue weighted by Crippen LogP contribution is 2.32. The van der Waals surface area contributed by atoms with Gasteiger partial charge in [-0.25, -0.2) is 14.2 Å². The third kappa shape index (κ3) is 7.87. The van der Waals surface area contributed by atoms with Crippen LogP contribution in [0, 0.1) is 0 Å². The Kier molecular flexibility index (Phi) is 10.2. The summed E-state index contributed by atoms with van der Waals surface area (Å²) in [6, 6.07) is 11.3. The Labute approximate surface area is 250 Å². The molecular weight excluding hydrogens is 559 g/mol. The first kappa shape index (κ1) is 31.0. The Morgan fingerprint density at radius 3 is 2.71 bits per heavy atom. The maximum Gasteiger partial charge on any atom is 0.410 e. The van der Waals surface area contributed by atoms with E-state index < -0.39 is 24.5 Å². The third-order valence-corrected chi connectivity index (χ3v) is 7.50. The van der Waals surface area contributed by atoms with Gasteiger partial charge in [0.1, 0.15) is 35.5 Å². The molecule has 4 rings (SSSR count). The molecule has 1 N–H and O–H groups in total. The molecule has 2 amide bonds. The number of amides is 2. The van der Waals surface area contributed by atoms with Crippen LogP contribution in [0.3, 0.4) is 0 Å². The lowest BCUT2D eigenvalue weighted by atomic mass is 10.2. The summed E-state index contributed by atoms with van der Waals surface area (Å²) in [5.41, 5.74) is 0.429. The molecule has 3 aromatic rings. The van der Waals surface area contributed by atoms with E-state index in [0.29, 0.717) is 54.8 Å². The van der Waals surface area contributed by atoms with E-state index in [1.165, 1.54) is 4.90 Å². The number of nitrogens with zero attached hydrogens (tertiary/aromatic N) is 5. The normalized spacial score (nSPS) is 14.2. The van der Waals surface area contributed by atoms with Gasteiger partial charge in [-0.1, -0.05) is 12.1 Å². The lowest BCUT2D eigenvalue weighted by molar-refractivity contribution is 0.0216. The van der Waals surface area contributed by atoms with E-state index in [0.717, 1.165) is 4.88 Å². The van der Waals surface area contributed by atoms with E-state index in [4.69, 9.17) is 9.47 Å². The Bertz CT molecular complexity index is 1350. The number of carbonyl (C=O) groups excluding carboxylic acids is 2. The summed E-state index contributed by atoms with van der Waals surface area (Å²) in [7, 11) is 1.91. The standard InChI is InChI=1S/C30H39FN6O4S/c1-6-32-28-33-20-23-26(34-28)35(5)16-17-37(27(23)38)21-9-7-10-22(19-21)40-24(25-11-8-18-42-25)12-14-36(15-13-31)29(39)41-30(2,3)4/h7-11,18-20,24H,6,12-17H2,1-5H3,(H,32,33,34). The van der Waals surface area contributed by atoms with Crippen molar-refractivity contribution in [2.75, 3.05) is 61.6 Å². The molecule has 10 nitrogen and oxygen atoms in total. The molecule has 0 radical (unpaired) electrons. The molecule has 1 aromatic carbocycles. The fourth-order valence-corrected chi connectivity index (χ4v) is 5.31. The van der Waals surface area contributed by atoms with E-state index in [2.05, 4.69) is 15.3 Å². The molecule has 0 spiro atoms. The van der Waals surface area contributed by atoms with Gasteiger partial charge in [0.2, 0.25) is 5.95 Å². The number of rotatable bonds is 11. The molecule has 0 bridgehead atoms. The van der Waals surface area contributed by atoms with E-state index in [1.807, 2.05) is 60.6 Å². The number of thiophene rings is 1. The molecule has 12 heteroatoms. The predicted molar refractivity (Wildman–Crippen MR) is 164 cm³/mol. The second-order valence-electron chi connectivity index (χ2n) is 10.9. The molecule has 1 aliphatic rings. The number of alkyl halides is 1. The van der Waals surface area contributed by atoms with Gasteiger partial charge in [-0.15, -0.1) is 11.3 Å².